The molecule has 0 heterocycles. The van der Waals surface area contributed by atoms with Gasteiger partial charge >= 0.3 is 0 Å². The van der Waals surface area contributed by atoms with E-state index in [0.29, 0.717) is 18.1 Å². The second kappa shape index (κ2) is 3.24. The fourth-order valence-corrected chi connectivity index (χ4v) is 2.93. The number of hydrogen-bond acceptors (Lipinski definition) is 2. The Morgan fingerprint density at radius 3 is 2.85 bits per heavy atom. The lowest BCUT2D eigenvalue weighted by atomic mass is 9.78. The van der Waals surface area contributed by atoms with E-state index in [1.165, 1.54) is 6.42 Å². The number of fused-ring (bicyclic) bond motifs is 2. The first-order valence-corrected chi connectivity index (χ1v) is 5.20. The van der Waals surface area contributed by atoms with Crippen molar-refractivity contribution in [2.24, 2.45) is 17.8 Å². The SMILES string of the molecule is CC(=O)C[C@H]1C[C@H]2CC[C@H](C2)C1=O. The van der Waals surface area contributed by atoms with Crippen LogP contribution in [0.1, 0.15) is 39.0 Å². The van der Waals surface area contributed by atoms with Crippen molar-refractivity contribution in [3.05, 3.63) is 0 Å². The molecular formula is C11H16O2. The highest BCUT2D eigenvalue weighted by atomic mass is 16.1. The molecule has 72 valence electrons. The van der Waals surface area contributed by atoms with Gasteiger partial charge in [-0.05, 0) is 38.5 Å². The summed E-state index contributed by atoms with van der Waals surface area (Å²) in [5.41, 5.74) is 0. The summed E-state index contributed by atoms with van der Waals surface area (Å²) in [5.74, 6) is 1.67. The third kappa shape index (κ3) is 1.67. The topological polar surface area (TPSA) is 34.1 Å². The highest BCUT2D eigenvalue weighted by Crippen LogP contribution is 2.43. The molecule has 0 N–H and O–H groups in total. The van der Waals surface area contributed by atoms with Gasteiger partial charge in [0.1, 0.15) is 11.6 Å². The molecule has 0 aliphatic heterocycles. The van der Waals surface area contributed by atoms with Crippen LogP contribution in [-0.2, 0) is 9.59 Å². The molecule has 2 heteroatoms. The van der Waals surface area contributed by atoms with Crippen molar-refractivity contribution >= 4 is 11.6 Å². The molecule has 3 atom stereocenters. The molecule has 0 amide bonds. The molecule has 0 radical (unpaired) electrons. The molecule has 0 aromatic heterocycles. The predicted octanol–water partition coefficient (Wildman–Crippen LogP) is 1.97. The lowest BCUT2D eigenvalue weighted by Gasteiger charge is -2.25. The average molecular weight is 180 g/mol. The van der Waals surface area contributed by atoms with Crippen LogP contribution in [0.3, 0.4) is 0 Å². The molecule has 2 saturated carbocycles. The van der Waals surface area contributed by atoms with Gasteiger partial charge in [0.2, 0.25) is 0 Å². The number of ketones is 2. The molecular weight excluding hydrogens is 164 g/mol. The second-order valence-electron chi connectivity index (χ2n) is 4.62. The van der Waals surface area contributed by atoms with Gasteiger partial charge in [-0.15, -0.1) is 0 Å². The molecule has 13 heavy (non-hydrogen) atoms. The largest absolute Gasteiger partial charge is 0.300 e. The number of carbonyl (C=O) groups is 2. The number of Topliss-reactive ketones (excluding diaryl/α,β-unsaturated/α-hetero) is 2. The molecule has 2 aliphatic carbocycles. The molecule has 2 rings (SSSR count). The van der Waals surface area contributed by atoms with Crippen molar-refractivity contribution in [3.63, 3.8) is 0 Å². The van der Waals surface area contributed by atoms with Crippen LogP contribution in [0.2, 0.25) is 0 Å². The van der Waals surface area contributed by atoms with E-state index in [0.717, 1.165) is 25.2 Å². The summed E-state index contributed by atoms with van der Waals surface area (Å²) in [6.45, 7) is 1.59. The zero-order chi connectivity index (χ0) is 9.42. The first kappa shape index (κ1) is 8.92. The van der Waals surface area contributed by atoms with E-state index in [4.69, 9.17) is 0 Å². The molecule has 0 spiro atoms. The van der Waals surface area contributed by atoms with Crippen LogP contribution in [-0.4, -0.2) is 11.6 Å². The molecule has 2 bridgehead atoms. The van der Waals surface area contributed by atoms with Gasteiger partial charge in [0.05, 0.1) is 0 Å². The lowest BCUT2D eigenvalue weighted by Crippen LogP contribution is -2.29. The summed E-state index contributed by atoms with van der Waals surface area (Å²) < 4.78 is 0. The van der Waals surface area contributed by atoms with Gasteiger partial charge in [0, 0.05) is 18.3 Å². The van der Waals surface area contributed by atoms with Crippen LogP contribution in [0, 0.1) is 17.8 Å². The van der Waals surface area contributed by atoms with Gasteiger partial charge in [-0.2, -0.15) is 0 Å². The molecule has 0 saturated heterocycles. The number of carbonyl (C=O) groups excluding carboxylic acids is 2. The van der Waals surface area contributed by atoms with Gasteiger partial charge in [0.25, 0.3) is 0 Å². The predicted molar refractivity (Wildman–Crippen MR) is 49.2 cm³/mol. The fraction of sp³-hybridized carbons (Fsp3) is 0.818. The maximum atomic E-state index is 11.8. The van der Waals surface area contributed by atoms with Crippen molar-refractivity contribution < 1.29 is 9.59 Å². The summed E-state index contributed by atoms with van der Waals surface area (Å²) >= 11 is 0. The highest BCUT2D eigenvalue weighted by molar-refractivity contribution is 5.89. The monoisotopic (exact) mass is 180 g/mol. The number of hydrogen-bond donors (Lipinski definition) is 0. The zero-order valence-electron chi connectivity index (χ0n) is 8.08. The van der Waals surface area contributed by atoms with Crippen LogP contribution in [0.15, 0.2) is 0 Å². The van der Waals surface area contributed by atoms with E-state index in [-0.39, 0.29) is 11.7 Å². The molecule has 2 fully saturated rings. The van der Waals surface area contributed by atoms with Gasteiger partial charge in [-0.25, -0.2) is 0 Å². The van der Waals surface area contributed by atoms with Crippen LogP contribution in [0.5, 0.6) is 0 Å². The van der Waals surface area contributed by atoms with E-state index in [1.807, 2.05) is 0 Å². The minimum atomic E-state index is 0.0729. The normalized spacial score (nSPS) is 37.9. The van der Waals surface area contributed by atoms with E-state index < -0.39 is 0 Å². The fourth-order valence-electron chi connectivity index (χ4n) is 2.93. The Balaban J connectivity index is 2.04. The highest BCUT2D eigenvalue weighted by Gasteiger charge is 2.40. The Labute approximate surface area is 78.7 Å². The Morgan fingerprint density at radius 2 is 2.15 bits per heavy atom. The molecule has 0 aromatic rings. The van der Waals surface area contributed by atoms with Crippen LogP contribution >= 0.6 is 0 Å². The Bertz CT molecular complexity index is 244. The smallest absolute Gasteiger partial charge is 0.139 e. The summed E-state index contributed by atoms with van der Waals surface area (Å²) in [6.07, 6.45) is 4.87. The van der Waals surface area contributed by atoms with Gasteiger partial charge in [0.15, 0.2) is 0 Å². The minimum Gasteiger partial charge on any atom is -0.300 e. The van der Waals surface area contributed by atoms with Crippen LogP contribution < -0.4 is 0 Å². The quantitative estimate of drug-likeness (QED) is 0.651. The Hall–Kier alpha value is -0.660. The molecule has 2 aliphatic rings. The first-order valence-electron chi connectivity index (χ1n) is 5.20. The number of rotatable bonds is 2. The van der Waals surface area contributed by atoms with Crippen LogP contribution in [0.4, 0.5) is 0 Å². The van der Waals surface area contributed by atoms with Gasteiger partial charge < -0.3 is 4.79 Å². The van der Waals surface area contributed by atoms with Crippen molar-refractivity contribution in [2.75, 3.05) is 0 Å². The van der Waals surface area contributed by atoms with Gasteiger partial charge in [-0.1, -0.05) is 0 Å². The maximum Gasteiger partial charge on any atom is 0.139 e. The third-order valence-electron chi connectivity index (χ3n) is 3.50. The second-order valence-corrected chi connectivity index (χ2v) is 4.62. The molecule has 0 aromatic carbocycles. The standard InChI is InChI=1S/C11H16O2/c1-7(12)4-10-6-8-2-3-9(5-8)11(10)13/h8-10H,2-6H2,1H3/t8-,9+,10-/m0/s1. The molecule has 2 nitrogen and oxygen atoms in total. The van der Waals surface area contributed by atoms with Crippen molar-refractivity contribution in [1.82, 2.24) is 0 Å². The summed E-state index contributed by atoms with van der Waals surface area (Å²) in [7, 11) is 0. The van der Waals surface area contributed by atoms with E-state index >= 15 is 0 Å². The van der Waals surface area contributed by atoms with Crippen molar-refractivity contribution in [3.8, 4) is 0 Å². The Kier molecular flexibility index (Phi) is 2.22. The summed E-state index contributed by atoms with van der Waals surface area (Å²) in [4.78, 5) is 22.7. The molecule has 0 unspecified atom stereocenters. The summed E-state index contributed by atoms with van der Waals surface area (Å²) in [5, 5.41) is 0. The average Bonchev–Trinajstić information content (AvgIpc) is 2.44. The third-order valence-corrected chi connectivity index (χ3v) is 3.50. The van der Waals surface area contributed by atoms with Gasteiger partial charge in [-0.3, -0.25) is 4.79 Å². The van der Waals surface area contributed by atoms with Crippen molar-refractivity contribution in [1.29, 1.82) is 0 Å². The van der Waals surface area contributed by atoms with Crippen molar-refractivity contribution in [2.45, 2.75) is 39.0 Å². The van der Waals surface area contributed by atoms with Crippen LogP contribution in [0.25, 0.3) is 0 Å². The maximum absolute atomic E-state index is 11.8. The first-order chi connectivity index (χ1) is 6.16. The van der Waals surface area contributed by atoms with E-state index in [1.54, 1.807) is 6.92 Å². The summed E-state index contributed by atoms with van der Waals surface area (Å²) in [6, 6.07) is 0. The Morgan fingerprint density at radius 1 is 1.38 bits per heavy atom. The minimum absolute atomic E-state index is 0.0729. The van der Waals surface area contributed by atoms with E-state index in [9.17, 15) is 9.59 Å². The lowest BCUT2D eigenvalue weighted by molar-refractivity contribution is -0.132. The zero-order valence-corrected chi connectivity index (χ0v) is 8.08. The van der Waals surface area contributed by atoms with E-state index in [2.05, 4.69) is 0 Å².